The van der Waals surface area contributed by atoms with Gasteiger partial charge >= 0.3 is 0 Å². The van der Waals surface area contributed by atoms with E-state index in [4.69, 9.17) is 16.3 Å². The molecule has 4 heteroatoms. The number of halogens is 1. The number of ether oxygens (including phenoxy) is 1. The van der Waals surface area contributed by atoms with Crippen LogP contribution in [0.4, 0.5) is 0 Å². The van der Waals surface area contributed by atoms with Crippen molar-refractivity contribution >= 4 is 22.6 Å². The molecule has 0 atom stereocenters. The van der Waals surface area contributed by atoms with Crippen LogP contribution < -0.4 is 4.74 Å². The van der Waals surface area contributed by atoms with Crippen molar-refractivity contribution in [2.24, 2.45) is 0 Å². The summed E-state index contributed by atoms with van der Waals surface area (Å²) in [6, 6.07) is 12.3. The minimum atomic E-state index is 0.374. The fourth-order valence-electron chi connectivity index (χ4n) is 2.60. The number of aromatic nitrogens is 2. The molecular weight excluding hydrogens is 284 g/mol. The zero-order valence-corrected chi connectivity index (χ0v) is 13.1. The van der Waals surface area contributed by atoms with Gasteiger partial charge in [0.15, 0.2) is 0 Å². The van der Waals surface area contributed by atoms with Crippen molar-refractivity contribution in [3.63, 3.8) is 0 Å². The summed E-state index contributed by atoms with van der Waals surface area (Å²) in [6.07, 6.45) is 0. The molecule has 2 aromatic carbocycles. The lowest BCUT2D eigenvalue weighted by atomic mass is 10.1. The molecule has 1 aromatic heterocycles. The Morgan fingerprint density at radius 3 is 2.62 bits per heavy atom. The van der Waals surface area contributed by atoms with Crippen molar-refractivity contribution in [3.8, 4) is 11.4 Å². The largest absolute Gasteiger partial charge is 0.497 e. The van der Waals surface area contributed by atoms with Gasteiger partial charge in [0.25, 0.3) is 0 Å². The van der Waals surface area contributed by atoms with E-state index in [1.54, 1.807) is 7.11 Å². The zero-order valence-electron chi connectivity index (χ0n) is 12.4. The maximum Gasteiger partial charge on any atom is 0.129 e. The van der Waals surface area contributed by atoms with Crippen molar-refractivity contribution in [1.29, 1.82) is 0 Å². The van der Waals surface area contributed by atoms with Crippen molar-refractivity contribution < 1.29 is 4.74 Å². The third-order valence-electron chi connectivity index (χ3n) is 3.64. The maximum absolute atomic E-state index is 6.10. The Morgan fingerprint density at radius 1 is 1.14 bits per heavy atom. The lowest BCUT2D eigenvalue weighted by Gasteiger charge is -2.12. The molecular formula is C17H17ClN2O. The van der Waals surface area contributed by atoms with Crippen LogP contribution in [0, 0.1) is 13.8 Å². The monoisotopic (exact) mass is 300 g/mol. The third-order valence-corrected chi connectivity index (χ3v) is 3.88. The van der Waals surface area contributed by atoms with Gasteiger partial charge in [-0.15, -0.1) is 11.6 Å². The Labute approximate surface area is 129 Å². The molecule has 0 aliphatic heterocycles. The number of aryl methyl sites for hydroxylation is 2. The van der Waals surface area contributed by atoms with Crippen LogP contribution in [-0.4, -0.2) is 16.7 Å². The fraction of sp³-hybridized carbons (Fsp3) is 0.235. The molecule has 3 aromatic rings. The number of rotatable bonds is 3. The second-order valence-corrected chi connectivity index (χ2v) is 5.41. The molecule has 0 radical (unpaired) electrons. The SMILES string of the molecule is COc1ccc(-n2c(CCl)nc3cc(C)ccc32)c(C)c1. The topological polar surface area (TPSA) is 27.1 Å². The van der Waals surface area contributed by atoms with Crippen LogP contribution in [0.3, 0.4) is 0 Å². The smallest absolute Gasteiger partial charge is 0.129 e. The summed E-state index contributed by atoms with van der Waals surface area (Å²) in [7, 11) is 1.67. The molecule has 3 rings (SSSR count). The van der Waals surface area contributed by atoms with Crippen molar-refractivity contribution in [2.75, 3.05) is 7.11 Å². The first-order chi connectivity index (χ1) is 10.1. The van der Waals surface area contributed by atoms with Crippen LogP contribution in [0.5, 0.6) is 5.75 Å². The molecule has 1 heterocycles. The Morgan fingerprint density at radius 2 is 1.95 bits per heavy atom. The summed E-state index contributed by atoms with van der Waals surface area (Å²) in [4.78, 5) is 4.65. The van der Waals surface area contributed by atoms with Gasteiger partial charge in [0.1, 0.15) is 11.6 Å². The molecule has 0 N–H and O–H groups in total. The highest BCUT2D eigenvalue weighted by Crippen LogP contribution is 2.27. The molecule has 0 unspecified atom stereocenters. The Hall–Kier alpha value is -2.00. The molecule has 0 aliphatic carbocycles. The van der Waals surface area contributed by atoms with Crippen LogP contribution in [0.25, 0.3) is 16.7 Å². The van der Waals surface area contributed by atoms with Crippen LogP contribution in [0.1, 0.15) is 17.0 Å². The molecule has 0 fully saturated rings. The van der Waals surface area contributed by atoms with Crippen molar-refractivity contribution in [3.05, 3.63) is 53.3 Å². The van der Waals surface area contributed by atoms with Gasteiger partial charge in [0.2, 0.25) is 0 Å². The van der Waals surface area contributed by atoms with E-state index in [0.717, 1.165) is 33.9 Å². The number of nitrogens with zero attached hydrogens (tertiary/aromatic N) is 2. The molecule has 0 spiro atoms. The Bertz CT molecular complexity index is 808. The van der Waals surface area contributed by atoms with Crippen LogP contribution in [0.2, 0.25) is 0 Å². The van der Waals surface area contributed by atoms with E-state index in [0.29, 0.717) is 5.88 Å². The molecule has 0 saturated carbocycles. The van der Waals surface area contributed by atoms with Gasteiger partial charge in [0.05, 0.1) is 29.7 Å². The highest BCUT2D eigenvalue weighted by molar-refractivity contribution is 6.17. The summed E-state index contributed by atoms with van der Waals surface area (Å²) in [5.74, 6) is 2.08. The van der Waals surface area contributed by atoms with Crippen molar-refractivity contribution in [1.82, 2.24) is 9.55 Å². The predicted molar refractivity (Wildman–Crippen MR) is 86.7 cm³/mol. The van der Waals surface area contributed by atoms with E-state index in [1.165, 1.54) is 5.56 Å². The first kappa shape index (κ1) is 14.0. The zero-order chi connectivity index (χ0) is 15.0. The first-order valence-electron chi connectivity index (χ1n) is 6.83. The van der Waals surface area contributed by atoms with E-state index in [1.807, 2.05) is 18.2 Å². The number of fused-ring (bicyclic) bond motifs is 1. The number of imidazole rings is 1. The summed E-state index contributed by atoms with van der Waals surface area (Å²) in [6.45, 7) is 4.13. The first-order valence-corrected chi connectivity index (χ1v) is 7.36. The van der Waals surface area contributed by atoms with Gasteiger partial charge < -0.3 is 4.74 Å². The summed E-state index contributed by atoms with van der Waals surface area (Å²) in [5.41, 5.74) is 5.45. The van der Waals surface area contributed by atoms with Gasteiger partial charge in [-0.25, -0.2) is 4.98 Å². The second-order valence-electron chi connectivity index (χ2n) is 5.14. The lowest BCUT2D eigenvalue weighted by Crippen LogP contribution is -2.01. The van der Waals surface area contributed by atoms with Crippen molar-refractivity contribution in [2.45, 2.75) is 19.7 Å². The molecule has 0 bridgehead atoms. The lowest BCUT2D eigenvalue weighted by molar-refractivity contribution is 0.414. The highest BCUT2D eigenvalue weighted by Gasteiger charge is 2.13. The van der Waals surface area contributed by atoms with Gasteiger partial charge in [-0.05, 0) is 55.3 Å². The molecule has 21 heavy (non-hydrogen) atoms. The van der Waals surface area contributed by atoms with E-state index in [2.05, 4.69) is 41.6 Å². The van der Waals surface area contributed by atoms with Gasteiger partial charge in [-0.2, -0.15) is 0 Å². The summed E-state index contributed by atoms with van der Waals surface area (Å²) < 4.78 is 7.40. The molecule has 0 saturated heterocycles. The predicted octanol–water partition coefficient (Wildman–Crippen LogP) is 4.39. The Kier molecular flexibility index (Phi) is 3.60. The number of benzene rings is 2. The number of hydrogen-bond acceptors (Lipinski definition) is 2. The van der Waals surface area contributed by atoms with Gasteiger partial charge in [0, 0.05) is 0 Å². The highest BCUT2D eigenvalue weighted by atomic mass is 35.5. The average molecular weight is 301 g/mol. The van der Waals surface area contributed by atoms with Crippen LogP contribution in [-0.2, 0) is 5.88 Å². The second kappa shape index (κ2) is 5.41. The molecule has 0 aliphatic rings. The van der Waals surface area contributed by atoms with E-state index < -0.39 is 0 Å². The average Bonchev–Trinajstić information content (AvgIpc) is 2.84. The Balaban J connectivity index is 2.28. The number of methoxy groups -OCH3 is 1. The number of alkyl halides is 1. The van der Waals surface area contributed by atoms with Crippen LogP contribution in [0.15, 0.2) is 36.4 Å². The van der Waals surface area contributed by atoms with Crippen LogP contribution >= 0.6 is 11.6 Å². The fourth-order valence-corrected chi connectivity index (χ4v) is 2.78. The minimum Gasteiger partial charge on any atom is -0.497 e. The summed E-state index contributed by atoms with van der Waals surface area (Å²) in [5, 5.41) is 0. The van der Waals surface area contributed by atoms with Gasteiger partial charge in [-0.3, -0.25) is 4.57 Å². The van der Waals surface area contributed by atoms with Gasteiger partial charge in [-0.1, -0.05) is 6.07 Å². The third kappa shape index (κ3) is 2.38. The standard InChI is InChI=1S/C17H17ClN2O/c1-11-4-6-16-14(8-11)19-17(10-18)20(16)15-7-5-13(21-3)9-12(15)2/h4-9H,10H2,1-3H3. The van der Waals surface area contributed by atoms with E-state index in [9.17, 15) is 0 Å². The summed E-state index contributed by atoms with van der Waals surface area (Å²) >= 11 is 6.10. The molecule has 108 valence electrons. The molecule has 0 amide bonds. The van der Waals surface area contributed by atoms with E-state index >= 15 is 0 Å². The quantitative estimate of drug-likeness (QED) is 0.671. The molecule has 3 nitrogen and oxygen atoms in total. The number of hydrogen-bond donors (Lipinski definition) is 0. The normalized spacial score (nSPS) is 11.0. The minimum absolute atomic E-state index is 0.374. The maximum atomic E-state index is 6.10. The van der Waals surface area contributed by atoms with E-state index in [-0.39, 0.29) is 0 Å².